The van der Waals surface area contributed by atoms with Gasteiger partial charge < -0.3 is 9.26 Å². The van der Waals surface area contributed by atoms with Gasteiger partial charge in [-0.05, 0) is 46.9 Å². The molecule has 0 saturated heterocycles. The number of nitrogens with zero attached hydrogens (tertiary/aromatic N) is 2. The molecular formula is C12H12BrClN2O2S. The molecule has 0 atom stereocenters. The molecule has 7 heteroatoms. The molecule has 0 radical (unpaired) electrons. The summed E-state index contributed by atoms with van der Waals surface area (Å²) in [5.74, 6) is 1.15. The Morgan fingerprint density at radius 3 is 2.79 bits per heavy atom. The number of hydrogen-bond acceptors (Lipinski definition) is 5. The summed E-state index contributed by atoms with van der Waals surface area (Å²) in [7, 11) is 1.62. The summed E-state index contributed by atoms with van der Waals surface area (Å²) < 4.78 is 13.1. The van der Waals surface area contributed by atoms with E-state index in [1.165, 1.54) is 11.9 Å². The Morgan fingerprint density at radius 1 is 1.47 bits per heavy atom. The minimum Gasteiger partial charge on any atom is -0.363 e. The van der Waals surface area contributed by atoms with Crippen LogP contribution in [0.15, 0.2) is 38.2 Å². The van der Waals surface area contributed by atoms with Crippen molar-refractivity contribution < 1.29 is 9.26 Å². The van der Waals surface area contributed by atoms with Gasteiger partial charge in [0, 0.05) is 16.5 Å². The van der Waals surface area contributed by atoms with Gasteiger partial charge in [0.25, 0.3) is 0 Å². The number of benzene rings is 1. The van der Waals surface area contributed by atoms with E-state index in [9.17, 15) is 0 Å². The van der Waals surface area contributed by atoms with Crippen molar-refractivity contribution >= 4 is 45.3 Å². The molecule has 0 spiro atoms. The lowest BCUT2D eigenvalue weighted by atomic mass is 10.4. The standard InChI is InChI=1S/C12H12BrClN2O2S/c1-8-11(14)12(15-18-8)16(7-17-2)19-10-6-4-3-5-9(10)13/h3-6H,7H2,1-2H3. The number of halogens is 2. The van der Waals surface area contributed by atoms with E-state index in [0.29, 0.717) is 23.3 Å². The largest absolute Gasteiger partial charge is 0.363 e. The van der Waals surface area contributed by atoms with Crippen molar-refractivity contribution in [3.05, 3.63) is 39.5 Å². The maximum atomic E-state index is 6.17. The summed E-state index contributed by atoms with van der Waals surface area (Å²) in [6, 6.07) is 7.90. The third kappa shape index (κ3) is 3.45. The summed E-state index contributed by atoms with van der Waals surface area (Å²) >= 11 is 11.1. The van der Waals surface area contributed by atoms with Gasteiger partial charge in [-0.15, -0.1) is 0 Å². The van der Waals surface area contributed by atoms with Gasteiger partial charge in [-0.1, -0.05) is 28.9 Å². The zero-order valence-corrected chi connectivity index (χ0v) is 13.6. The molecule has 102 valence electrons. The molecule has 1 heterocycles. The lowest BCUT2D eigenvalue weighted by molar-refractivity contribution is 0.210. The first-order valence-electron chi connectivity index (χ1n) is 5.44. The van der Waals surface area contributed by atoms with Crippen LogP contribution < -0.4 is 4.31 Å². The van der Waals surface area contributed by atoms with Crippen molar-refractivity contribution in [3.63, 3.8) is 0 Å². The predicted molar refractivity (Wildman–Crippen MR) is 80.6 cm³/mol. The van der Waals surface area contributed by atoms with Crippen LogP contribution in [0.4, 0.5) is 5.82 Å². The number of hydrogen-bond donors (Lipinski definition) is 0. The Bertz CT molecular complexity index is 564. The molecule has 0 bridgehead atoms. The molecule has 0 amide bonds. The van der Waals surface area contributed by atoms with Crippen LogP contribution in [0.2, 0.25) is 5.02 Å². The molecule has 0 aliphatic rings. The van der Waals surface area contributed by atoms with Crippen LogP contribution >= 0.6 is 39.5 Å². The number of aromatic nitrogens is 1. The molecule has 1 aromatic carbocycles. The summed E-state index contributed by atoms with van der Waals surface area (Å²) in [5.41, 5.74) is 0. The van der Waals surface area contributed by atoms with Gasteiger partial charge in [-0.3, -0.25) is 4.31 Å². The van der Waals surface area contributed by atoms with E-state index < -0.39 is 0 Å². The minimum atomic E-state index is 0.345. The van der Waals surface area contributed by atoms with E-state index in [1.807, 2.05) is 28.6 Å². The predicted octanol–water partition coefficient (Wildman–Crippen LogP) is 4.52. The van der Waals surface area contributed by atoms with Crippen LogP contribution in [0.25, 0.3) is 0 Å². The van der Waals surface area contributed by atoms with Crippen LogP contribution in [0.5, 0.6) is 0 Å². The Kier molecular flexibility index (Phi) is 5.15. The van der Waals surface area contributed by atoms with Gasteiger partial charge in [0.05, 0.1) is 0 Å². The average molecular weight is 364 g/mol. The van der Waals surface area contributed by atoms with E-state index in [1.54, 1.807) is 14.0 Å². The highest BCUT2D eigenvalue weighted by atomic mass is 79.9. The van der Waals surface area contributed by atoms with Crippen LogP contribution in [0.3, 0.4) is 0 Å². The van der Waals surface area contributed by atoms with E-state index in [2.05, 4.69) is 21.1 Å². The van der Waals surface area contributed by atoms with E-state index in [-0.39, 0.29) is 0 Å². The number of ether oxygens (including phenoxy) is 1. The maximum Gasteiger partial charge on any atom is 0.203 e. The summed E-state index contributed by atoms with van der Waals surface area (Å²) in [6.07, 6.45) is 0. The lowest BCUT2D eigenvalue weighted by Crippen LogP contribution is -2.18. The molecule has 19 heavy (non-hydrogen) atoms. The third-order valence-electron chi connectivity index (χ3n) is 2.30. The zero-order chi connectivity index (χ0) is 13.8. The highest BCUT2D eigenvalue weighted by molar-refractivity contribution is 9.10. The van der Waals surface area contributed by atoms with Crippen LogP contribution in [-0.2, 0) is 4.74 Å². The first-order chi connectivity index (χ1) is 9.13. The van der Waals surface area contributed by atoms with Crippen molar-refractivity contribution in [2.24, 2.45) is 0 Å². The van der Waals surface area contributed by atoms with Gasteiger partial charge in [-0.2, -0.15) is 0 Å². The van der Waals surface area contributed by atoms with Crippen molar-refractivity contribution in [1.29, 1.82) is 0 Å². The minimum absolute atomic E-state index is 0.345. The molecule has 4 nitrogen and oxygen atoms in total. The van der Waals surface area contributed by atoms with Gasteiger partial charge in [-0.25, -0.2) is 0 Å². The molecular weight excluding hydrogens is 352 g/mol. The van der Waals surface area contributed by atoms with Gasteiger partial charge >= 0.3 is 0 Å². The second-order valence-corrected chi connectivity index (χ2v) is 5.99. The van der Waals surface area contributed by atoms with Crippen molar-refractivity contribution in [2.75, 3.05) is 18.1 Å². The Labute approximate surface area is 129 Å². The van der Waals surface area contributed by atoms with Crippen LogP contribution in [-0.4, -0.2) is 19.0 Å². The van der Waals surface area contributed by atoms with E-state index >= 15 is 0 Å². The molecule has 0 aliphatic carbocycles. The van der Waals surface area contributed by atoms with Crippen molar-refractivity contribution in [3.8, 4) is 0 Å². The molecule has 0 fully saturated rings. The first-order valence-corrected chi connectivity index (χ1v) is 7.38. The molecule has 1 aromatic heterocycles. The van der Waals surface area contributed by atoms with Gasteiger partial charge in [0.15, 0.2) is 5.76 Å². The maximum absolute atomic E-state index is 6.17. The van der Waals surface area contributed by atoms with Crippen LogP contribution in [0, 0.1) is 6.92 Å². The van der Waals surface area contributed by atoms with Gasteiger partial charge in [0.1, 0.15) is 11.8 Å². The third-order valence-corrected chi connectivity index (χ3v) is 4.74. The fraction of sp³-hybridized carbons (Fsp3) is 0.250. The number of methoxy groups -OCH3 is 1. The average Bonchev–Trinajstić information content (AvgIpc) is 2.72. The molecule has 2 aromatic rings. The van der Waals surface area contributed by atoms with Crippen molar-refractivity contribution in [1.82, 2.24) is 5.16 Å². The topological polar surface area (TPSA) is 38.5 Å². The van der Waals surface area contributed by atoms with Gasteiger partial charge in [0.2, 0.25) is 5.82 Å². The molecule has 2 rings (SSSR count). The highest BCUT2D eigenvalue weighted by Gasteiger charge is 2.19. The summed E-state index contributed by atoms with van der Waals surface area (Å²) in [4.78, 5) is 1.04. The summed E-state index contributed by atoms with van der Waals surface area (Å²) in [6.45, 7) is 2.12. The number of anilines is 1. The second kappa shape index (κ2) is 6.65. The second-order valence-electron chi connectivity index (χ2n) is 3.69. The monoisotopic (exact) mass is 362 g/mol. The van der Waals surface area contributed by atoms with Crippen molar-refractivity contribution in [2.45, 2.75) is 11.8 Å². The number of rotatable bonds is 5. The van der Waals surface area contributed by atoms with E-state index in [4.69, 9.17) is 20.9 Å². The van der Waals surface area contributed by atoms with E-state index in [0.717, 1.165) is 9.37 Å². The Balaban J connectivity index is 2.26. The first kappa shape index (κ1) is 14.7. The fourth-order valence-electron chi connectivity index (χ4n) is 1.39. The smallest absolute Gasteiger partial charge is 0.203 e. The SMILES string of the molecule is COCN(Sc1ccccc1Br)c1noc(C)c1Cl. The summed E-state index contributed by atoms with van der Waals surface area (Å²) in [5, 5.41) is 4.46. The normalized spacial score (nSPS) is 10.7. The molecule has 0 unspecified atom stereocenters. The number of aryl methyl sites for hydroxylation is 1. The lowest BCUT2D eigenvalue weighted by Gasteiger charge is -2.19. The zero-order valence-electron chi connectivity index (χ0n) is 10.4. The van der Waals surface area contributed by atoms with Crippen LogP contribution in [0.1, 0.15) is 5.76 Å². The molecule has 0 N–H and O–H groups in total. The Morgan fingerprint density at radius 2 is 2.21 bits per heavy atom. The quantitative estimate of drug-likeness (QED) is 0.577. The molecule has 0 aliphatic heterocycles. The fourth-order valence-corrected chi connectivity index (χ4v) is 3.01. The molecule has 0 saturated carbocycles. The Hall–Kier alpha value is -0.690. The highest BCUT2D eigenvalue weighted by Crippen LogP contribution is 2.37.